The molecule has 16 N–H and O–H groups in total. The number of rotatable bonds is 34. The number of nitrogens with two attached hydrogens (primary N) is 1. The lowest BCUT2D eigenvalue weighted by Crippen LogP contribution is -2.60. The maximum Gasteiger partial charge on any atom is 0.446 e. The molecule has 3 aromatic carbocycles. The molecule has 0 aliphatic carbocycles. The van der Waals surface area contributed by atoms with Gasteiger partial charge in [0.1, 0.15) is 54.1 Å². The molecule has 9 atom stereocenters. The molecule has 0 bridgehead atoms. The molecule has 0 radical (unpaired) electrons. The van der Waals surface area contributed by atoms with E-state index in [1.807, 2.05) is 0 Å². The molecule has 1 aliphatic rings. The number of primary amides is 1. The zero-order valence-corrected chi connectivity index (χ0v) is 48.0. The Kier molecular flexibility index (Phi) is 25.3. The topological polar surface area (TPSA) is 479 Å². The van der Waals surface area contributed by atoms with Crippen LogP contribution in [0.5, 0.6) is 5.75 Å². The number of hydrogen-bond donors (Lipinski definition) is 15. The van der Waals surface area contributed by atoms with Gasteiger partial charge in [0, 0.05) is 49.2 Å². The molecule has 0 saturated carbocycles. The van der Waals surface area contributed by atoms with Gasteiger partial charge in [-0.3, -0.25) is 62.1 Å². The van der Waals surface area contributed by atoms with E-state index >= 15 is 0 Å². The van der Waals surface area contributed by atoms with E-state index in [4.69, 9.17) is 10.3 Å². The zero-order chi connectivity index (χ0) is 63.3. The third kappa shape index (κ3) is 21.8. The van der Waals surface area contributed by atoms with Gasteiger partial charge in [-0.1, -0.05) is 60.7 Å². The summed E-state index contributed by atoms with van der Waals surface area (Å²) >= 11 is 1.28. The van der Waals surface area contributed by atoms with Gasteiger partial charge in [-0.2, -0.15) is 20.2 Å². The van der Waals surface area contributed by atoms with Gasteiger partial charge >= 0.3 is 22.3 Å². The SMILES string of the molecule is CSCC[C@H](NC(=O)[C@H](Cc1c[nH]c2ccccc12)NC(=O)CNC(=O)[C@@H](NC(=O)[C@H](Cc1ccc(OS(=O)(=O)O)cc1)NC(=O)[C@H](CCC(=O)O)NC(=O)[C@@H]1CCC(=O)N1)[C@@H](C)O)C(=O)N[C@@H](CC(=O)O)C(=O)N[C@@H](Cc1ccccc1)C(N)=O. The maximum atomic E-state index is 14.4. The van der Waals surface area contributed by atoms with Crippen LogP contribution in [-0.4, -0.2) is 177 Å². The number of benzene rings is 3. The van der Waals surface area contributed by atoms with Crippen LogP contribution in [0.15, 0.2) is 85.1 Å². The van der Waals surface area contributed by atoms with Crippen molar-refractivity contribution in [1.29, 1.82) is 0 Å². The van der Waals surface area contributed by atoms with Crippen LogP contribution >= 0.6 is 11.8 Å². The lowest BCUT2D eigenvalue weighted by atomic mass is 10.0. The number of nitrogens with one attached hydrogen (secondary N) is 10. The number of aliphatic carboxylic acids is 2. The van der Waals surface area contributed by atoms with Crippen molar-refractivity contribution in [3.8, 4) is 5.75 Å². The normalized spacial score (nSPS) is 15.7. The summed E-state index contributed by atoms with van der Waals surface area (Å²) in [7, 11) is -4.95. The lowest BCUT2D eigenvalue weighted by molar-refractivity contribution is -0.141. The largest absolute Gasteiger partial charge is 0.481 e. The average Bonchev–Trinajstić information content (AvgIpc) is 3.55. The van der Waals surface area contributed by atoms with Crippen molar-refractivity contribution >= 4 is 104 Å². The summed E-state index contributed by atoms with van der Waals surface area (Å²) in [5.41, 5.74) is 7.53. The second-order valence-electron chi connectivity index (χ2n) is 19.9. The molecule has 1 aromatic heterocycles. The Morgan fingerprint density at radius 1 is 0.674 bits per heavy atom. The average molecular weight is 1240 g/mol. The summed E-state index contributed by atoms with van der Waals surface area (Å²) in [5.74, 6) is -12.7. The number of carbonyl (C=O) groups excluding carboxylic acids is 10. The molecule has 2 heterocycles. The quantitative estimate of drug-likeness (QED) is 0.0209. The predicted octanol–water partition coefficient (Wildman–Crippen LogP) is -2.88. The van der Waals surface area contributed by atoms with Crippen LogP contribution in [0.4, 0.5) is 0 Å². The Labute approximate surface area is 496 Å². The Balaban J connectivity index is 1.34. The van der Waals surface area contributed by atoms with Gasteiger partial charge in [0.15, 0.2) is 0 Å². The van der Waals surface area contributed by atoms with Gasteiger partial charge in [-0.15, -0.1) is 0 Å². The highest BCUT2D eigenvalue weighted by molar-refractivity contribution is 7.98. The fourth-order valence-electron chi connectivity index (χ4n) is 8.83. The summed E-state index contributed by atoms with van der Waals surface area (Å²) < 4.78 is 36.2. The van der Waals surface area contributed by atoms with E-state index < -0.39 is 168 Å². The molecule has 1 fully saturated rings. The first-order valence-electron chi connectivity index (χ1n) is 26.6. The third-order valence-corrected chi connectivity index (χ3v) is 14.3. The minimum absolute atomic E-state index is 0.00135. The van der Waals surface area contributed by atoms with E-state index in [1.165, 1.54) is 23.9 Å². The number of amides is 10. The number of aliphatic hydroxyl groups is 1. The molecule has 30 nitrogen and oxygen atoms in total. The number of aliphatic hydroxyl groups excluding tert-OH is 1. The molecule has 1 saturated heterocycles. The van der Waals surface area contributed by atoms with E-state index in [2.05, 4.69) is 57.0 Å². The second-order valence-corrected chi connectivity index (χ2v) is 21.9. The van der Waals surface area contributed by atoms with Gasteiger partial charge in [0.05, 0.1) is 19.1 Å². The van der Waals surface area contributed by atoms with Crippen molar-refractivity contribution in [2.75, 3.05) is 18.6 Å². The van der Waals surface area contributed by atoms with Crippen LogP contribution in [0, 0.1) is 0 Å². The predicted molar refractivity (Wildman–Crippen MR) is 305 cm³/mol. The number of hydrogen-bond acceptors (Lipinski definition) is 17. The van der Waals surface area contributed by atoms with Crippen LogP contribution in [0.1, 0.15) is 62.1 Å². The van der Waals surface area contributed by atoms with Crippen molar-refractivity contribution < 1.29 is 90.0 Å². The molecule has 86 heavy (non-hydrogen) atoms. The second kappa shape index (κ2) is 32.2. The minimum atomic E-state index is -4.95. The van der Waals surface area contributed by atoms with Gasteiger partial charge < -0.3 is 78.1 Å². The lowest BCUT2D eigenvalue weighted by Gasteiger charge is -2.27. The Hall–Kier alpha value is -9.14. The van der Waals surface area contributed by atoms with Gasteiger partial charge in [-0.05, 0) is 73.1 Å². The number of para-hydroxylation sites is 1. The maximum absolute atomic E-state index is 14.4. The smallest absolute Gasteiger partial charge is 0.446 e. The van der Waals surface area contributed by atoms with Crippen molar-refractivity contribution in [3.63, 3.8) is 0 Å². The molecule has 1 aliphatic heterocycles. The van der Waals surface area contributed by atoms with Crippen molar-refractivity contribution in [1.82, 2.24) is 52.8 Å². The number of H-pyrrole nitrogens is 1. The number of thioether (sulfide) groups is 1. The summed E-state index contributed by atoms with van der Waals surface area (Å²) in [4.78, 5) is 162. The highest BCUT2D eigenvalue weighted by Crippen LogP contribution is 2.20. The molecular formula is C54H67N11O19S2. The number of aromatic nitrogens is 1. The Bertz CT molecular complexity index is 3240. The molecule has 4 aromatic rings. The number of carboxylic acids is 2. The summed E-state index contributed by atoms with van der Waals surface area (Å²) in [5, 5.41) is 52.3. The van der Waals surface area contributed by atoms with Gasteiger partial charge in [-0.25, -0.2) is 0 Å². The molecular weight excluding hydrogens is 1170 g/mol. The molecule has 5 rings (SSSR count). The standard InChI is InChI=1S/C54H67N11O19S2/c1-28(66)46(65-53(79)39(23-30-12-14-32(15-13-30)84-86(81,82)83)63-49(75)36(17-19-44(69)70)60-48(74)35-16-18-42(67)58-35)54(80)57-27-43(68)59-40(24-31-26-56-34-11-7-6-10-33(31)34)51(77)61-37(20-21-85-2)50(76)64-41(25-45(71)72)52(78)62-38(47(55)73)22-29-8-4-3-5-9-29/h3-15,26,28,35-41,46,56,66H,16-25,27H2,1-2H3,(H2,55,73)(H,57,80)(H,58,67)(H,59,68)(H,60,74)(H,61,77)(H,62,78)(H,63,75)(H,64,76)(H,65,79)(H,69,70)(H,71,72)(H,81,82,83)/t28-,35+,36+,37+,38+,39+,40+,41+,46+/m1/s1. The molecule has 0 unspecified atom stereocenters. The fraction of sp³-hybridized carbons (Fsp3) is 0.407. The highest BCUT2D eigenvalue weighted by Gasteiger charge is 2.36. The van der Waals surface area contributed by atoms with E-state index in [0.717, 1.165) is 19.1 Å². The molecule has 32 heteroatoms. The highest BCUT2D eigenvalue weighted by atomic mass is 32.3. The first-order valence-corrected chi connectivity index (χ1v) is 29.4. The van der Waals surface area contributed by atoms with Crippen LogP contribution in [0.25, 0.3) is 10.9 Å². The van der Waals surface area contributed by atoms with Crippen molar-refractivity contribution in [3.05, 3.63) is 102 Å². The van der Waals surface area contributed by atoms with Gasteiger partial charge in [0.25, 0.3) is 0 Å². The van der Waals surface area contributed by atoms with Crippen molar-refractivity contribution in [2.45, 2.75) is 119 Å². The first kappa shape index (κ1) is 67.6. The zero-order valence-electron chi connectivity index (χ0n) is 46.4. The Morgan fingerprint density at radius 2 is 1.23 bits per heavy atom. The van der Waals surface area contributed by atoms with Crippen LogP contribution in [0.3, 0.4) is 0 Å². The Morgan fingerprint density at radius 3 is 1.84 bits per heavy atom. The molecule has 464 valence electrons. The van der Waals surface area contributed by atoms with E-state index in [9.17, 15) is 81.3 Å². The van der Waals surface area contributed by atoms with Gasteiger partial charge in [0.2, 0.25) is 59.1 Å². The van der Waals surface area contributed by atoms with E-state index in [-0.39, 0.29) is 49.2 Å². The monoisotopic (exact) mass is 1240 g/mol. The summed E-state index contributed by atoms with van der Waals surface area (Å²) in [6.07, 6.45) is -1.35. The summed E-state index contributed by atoms with van der Waals surface area (Å²) in [6.45, 7) is 0.176. The third-order valence-electron chi connectivity index (χ3n) is 13.2. The molecule has 0 spiro atoms. The number of fused-ring (bicyclic) bond motifs is 1. The van der Waals surface area contributed by atoms with Crippen LogP contribution in [-0.2, 0) is 87.2 Å². The van der Waals surface area contributed by atoms with E-state index in [0.29, 0.717) is 22.0 Å². The number of carbonyl (C=O) groups is 12. The summed E-state index contributed by atoms with van der Waals surface area (Å²) in [6, 6.07) is 7.65. The van der Waals surface area contributed by atoms with E-state index in [1.54, 1.807) is 67.0 Å². The first-order chi connectivity index (χ1) is 40.7. The number of aromatic amines is 1. The van der Waals surface area contributed by atoms with Crippen molar-refractivity contribution in [2.24, 2.45) is 5.73 Å². The minimum Gasteiger partial charge on any atom is -0.481 e. The van der Waals surface area contributed by atoms with Crippen LogP contribution < -0.4 is 57.8 Å². The van der Waals surface area contributed by atoms with Crippen LogP contribution in [0.2, 0.25) is 0 Å². The number of carboxylic acid groups (broad SMARTS) is 2. The fourth-order valence-corrected chi connectivity index (χ4v) is 9.65. The molecule has 10 amide bonds.